The van der Waals surface area contributed by atoms with Crippen LogP contribution in [-0.4, -0.2) is 5.11 Å². The van der Waals surface area contributed by atoms with Gasteiger partial charge in [0.1, 0.15) is 5.75 Å². The van der Waals surface area contributed by atoms with Crippen molar-refractivity contribution in [1.82, 2.24) is 0 Å². The molecule has 2 aromatic rings. The molecule has 3 N–H and O–H groups in total. The molecular weight excluding hydrogens is 210 g/mol. The second-order valence-corrected chi connectivity index (χ2v) is 4.23. The molecule has 1 atom stereocenters. The zero-order valence-electron chi connectivity index (χ0n) is 9.93. The lowest BCUT2D eigenvalue weighted by Crippen LogP contribution is -1.99. The van der Waals surface area contributed by atoms with E-state index in [1.807, 2.05) is 30.3 Å². The predicted molar refractivity (Wildman–Crippen MR) is 70.0 cm³/mol. The largest absolute Gasteiger partial charge is 0.508 e. The van der Waals surface area contributed by atoms with E-state index in [1.165, 1.54) is 5.56 Å². The fourth-order valence-corrected chi connectivity index (χ4v) is 1.98. The summed E-state index contributed by atoms with van der Waals surface area (Å²) in [6.07, 6.45) is 0. The van der Waals surface area contributed by atoms with Gasteiger partial charge in [0.05, 0.1) is 0 Å². The Labute approximate surface area is 102 Å². The van der Waals surface area contributed by atoms with Gasteiger partial charge >= 0.3 is 0 Å². The highest BCUT2D eigenvalue weighted by atomic mass is 16.3. The predicted octanol–water partition coefficient (Wildman–Crippen LogP) is 3.00. The molecule has 0 aliphatic carbocycles. The van der Waals surface area contributed by atoms with Crippen LogP contribution in [0.1, 0.15) is 29.5 Å². The van der Waals surface area contributed by atoms with Gasteiger partial charge in [-0.05, 0) is 17.2 Å². The van der Waals surface area contributed by atoms with E-state index in [4.69, 9.17) is 5.73 Å². The van der Waals surface area contributed by atoms with Crippen LogP contribution in [0.3, 0.4) is 0 Å². The summed E-state index contributed by atoms with van der Waals surface area (Å²) in [7, 11) is 0. The van der Waals surface area contributed by atoms with Crippen LogP contribution in [0.15, 0.2) is 48.5 Å². The average molecular weight is 227 g/mol. The summed E-state index contributed by atoms with van der Waals surface area (Å²) in [5, 5.41) is 9.82. The lowest BCUT2D eigenvalue weighted by atomic mass is 9.92. The SMILES string of the molecule is CC(c1ccc(CN)cc1)c1ccccc1O. The Kier molecular flexibility index (Phi) is 3.45. The minimum Gasteiger partial charge on any atom is -0.508 e. The molecule has 1 unspecified atom stereocenters. The van der Waals surface area contributed by atoms with Crippen molar-refractivity contribution < 1.29 is 5.11 Å². The molecule has 0 aliphatic heterocycles. The molecule has 2 aromatic carbocycles. The van der Waals surface area contributed by atoms with Crippen molar-refractivity contribution in [3.63, 3.8) is 0 Å². The molecule has 0 bridgehead atoms. The Morgan fingerprint density at radius 1 is 1.06 bits per heavy atom. The first-order valence-electron chi connectivity index (χ1n) is 5.79. The fraction of sp³-hybridized carbons (Fsp3) is 0.200. The maximum atomic E-state index is 9.82. The molecule has 2 rings (SSSR count). The van der Waals surface area contributed by atoms with Crippen molar-refractivity contribution in [2.45, 2.75) is 19.4 Å². The van der Waals surface area contributed by atoms with Gasteiger partial charge in [0, 0.05) is 18.0 Å². The number of phenolic OH excluding ortho intramolecular Hbond substituents is 1. The van der Waals surface area contributed by atoms with Gasteiger partial charge in [-0.3, -0.25) is 0 Å². The first kappa shape index (κ1) is 11.7. The van der Waals surface area contributed by atoms with Crippen LogP contribution in [0.25, 0.3) is 0 Å². The molecule has 0 saturated carbocycles. The van der Waals surface area contributed by atoms with Crippen molar-refractivity contribution >= 4 is 0 Å². The second kappa shape index (κ2) is 5.02. The number of rotatable bonds is 3. The van der Waals surface area contributed by atoms with E-state index < -0.39 is 0 Å². The van der Waals surface area contributed by atoms with Gasteiger partial charge in [0.2, 0.25) is 0 Å². The van der Waals surface area contributed by atoms with Crippen LogP contribution in [0, 0.1) is 0 Å². The number of para-hydroxylation sites is 1. The van der Waals surface area contributed by atoms with Crippen molar-refractivity contribution in [2.75, 3.05) is 0 Å². The van der Waals surface area contributed by atoms with E-state index in [9.17, 15) is 5.11 Å². The summed E-state index contributed by atoms with van der Waals surface area (Å²) in [6, 6.07) is 15.7. The third-order valence-corrected chi connectivity index (χ3v) is 3.12. The number of hydrogen-bond acceptors (Lipinski definition) is 2. The molecule has 0 saturated heterocycles. The Balaban J connectivity index is 2.30. The van der Waals surface area contributed by atoms with Gasteiger partial charge < -0.3 is 10.8 Å². The van der Waals surface area contributed by atoms with Gasteiger partial charge in [0.15, 0.2) is 0 Å². The maximum Gasteiger partial charge on any atom is 0.119 e. The Morgan fingerprint density at radius 3 is 2.29 bits per heavy atom. The van der Waals surface area contributed by atoms with E-state index in [0.717, 1.165) is 11.1 Å². The van der Waals surface area contributed by atoms with Crippen LogP contribution >= 0.6 is 0 Å². The van der Waals surface area contributed by atoms with Gasteiger partial charge in [-0.25, -0.2) is 0 Å². The Hall–Kier alpha value is -1.80. The van der Waals surface area contributed by atoms with E-state index in [2.05, 4.69) is 19.1 Å². The summed E-state index contributed by atoms with van der Waals surface area (Å²) in [5.74, 6) is 0.533. The van der Waals surface area contributed by atoms with E-state index in [0.29, 0.717) is 12.3 Å². The maximum absolute atomic E-state index is 9.82. The standard InChI is InChI=1S/C15H17NO/c1-11(14-4-2-3-5-15(14)17)13-8-6-12(10-16)7-9-13/h2-9,11,17H,10,16H2,1H3. The molecule has 0 amide bonds. The van der Waals surface area contributed by atoms with Gasteiger partial charge in [-0.2, -0.15) is 0 Å². The summed E-state index contributed by atoms with van der Waals surface area (Å²) < 4.78 is 0. The minimum absolute atomic E-state index is 0.183. The quantitative estimate of drug-likeness (QED) is 0.846. The van der Waals surface area contributed by atoms with Crippen LogP contribution in [-0.2, 0) is 6.54 Å². The molecule has 17 heavy (non-hydrogen) atoms. The van der Waals surface area contributed by atoms with E-state index in [-0.39, 0.29) is 5.92 Å². The topological polar surface area (TPSA) is 46.2 Å². The molecule has 0 aliphatic rings. The zero-order chi connectivity index (χ0) is 12.3. The molecular formula is C15H17NO. The summed E-state index contributed by atoms with van der Waals surface area (Å²) >= 11 is 0. The Bertz CT molecular complexity index is 491. The monoisotopic (exact) mass is 227 g/mol. The van der Waals surface area contributed by atoms with Crippen LogP contribution in [0.5, 0.6) is 5.75 Å². The summed E-state index contributed by atoms with van der Waals surface area (Å²) in [6.45, 7) is 2.65. The highest BCUT2D eigenvalue weighted by molar-refractivity contribution is 5.41. The van der Waals surface area contributed by atoms with Crippen molar-refractivity contribution in [3.05, 3.63) is 65.2 Å². The number of aromatic hydroxyl groups is 1. The lowest BCUT2D eigenvalue weighted by molar-refractivity contribution is 0.466. The first-order chi connectivity index (χ1) is 8.22. The molecule has 0 spiro atoms. The third kappa shape index (κ3) is 2.48. The normalized spacial score (nSPS) is 12.4. The molecule has 2 heteroatoms. The van der Waals surface area contributed by atoms with Crippen molar-refractivity contribution in [1.29, 1.82) is 0 Å². The number of phenols is 1. The molecule has 0 heterocycles. The number of hydrogen-bond donors (Lipinski definition) is 2. The molecule has 2 nitrogen and oxygen atoms in total. The van der Waals surface area contributed by atoms with Gasteiger partial charge in [0.25, 0.3) is 0 Å². The first-order valence-corrected chi connectivity index (χ1v) is 5.79. The highest BCUT2D eigenvalue weighted by Gasteiger charge is 2.11. The second-order valence-electron chi connectivity index (χ2n) is 4.23. The number of nitrogens with two attached hydrogens (primary N) is 1. The smallest absolute Gasteiger partial charge is 0.119 e. The van der Waals surface area contributed by atoms with E-state index >= 15 is 0 Å². The van der Waals surface area contributed by atoms with Crippen molar-refractivity contribution in [2.24, 2.45) is 5.73 Å². The summed E-state index contributed by atoms with van der Waals surface area (Å²) in [5.41, 5.74) is 8.83. The fourth-order valence-electron chi connectivity index (χ4n) is 1.98. The number of benzene rings is 2. The van der Waals surface area contributed by atoms with Crippen LogP contribution in [0.2, 0.25) is 0 Å². The molecule has 0 radical (unpaired) electrons. The highest BCUT2D eigenvalue weighted by Crippen LogP contribution is 2.30. The molecule has 88 valence electrons. The minimum atomic E-state index is 0.183. The van der Waals surface area contributed by atoms with E-state index in [1.54, 1.807) is 6.07 Å². The Morgan fingerprint density at radius 2 is 1.71 bits per heavy atom. The van der Waals surface area contributed by atoms with Gasteiger partial charge in [-0.15, -0.1) is 0 Å². The average Bonchev–Trinajstić information content (AvgIpc) is 2.39. The molecule has 0 aromatic heterocycles. The van der Waals surface area contributed by atoms with Gasteiger partial charge in [-0.1, -0.05) is 49.4 Å². The molecule has 0 fully saturated rings. The third-order valence-electron chi connectivity index (χ3n) is 3.12. The summed E-state index contributed by atoms with van der Waals surface area (Å²) in [4.78, 5) is 0. The van der Waals surface area contributed by atoms with Crippen LogP contribution < -0.4 is 5.73 Å². The van der Waals surface area contributed by atoms with Crippen LogP contribution in [0.4, 0.5) is 0 Å². The lowest BCUT2D eigenvalue weighted by Gasteiger charge is -2.14. The zero-order valence-corrected chi connectivity index (χ0v) is 9.93. The van der Waals surface area contributed by atoms with Crippen molar-refractivity contribution in [3.8, 4) is 5.75 Å².